The van der Waals surface area contributed by atoms with E-state index in [-0.39, 0.29) is 5.60 Å². The van der Waals surface area contributed by atoms with Crippen molar-refractivity contribution in [3.05, 3.63) is 35.4 Å². The number of nitrogens with one attached hydrogen (secondary N) is 1. The van der Waals surface area contributed by atoms with Gasteiger partial charge in [0.1, 0.15) is 0 Å². The van der Waals surface area contributed by atoms with Crippen LogP contribution >= 0.6 is 0 Å². The maximum Gasteiger partial charge on any atom is 0.0835 e. The zero-order valence-electron chi connectivity index (χ0n) is 13.4. The van der Waals surface area contributed by atoms with Crippen molar-refractivity contribution >= 4 is 0 Å². The monoisotopic (exact) mass is 287 g/mol. The number of hydrogen-bond acceptors (Lipinski definition) is 2. The summed E-state index contributed by atoms with van der Waals surface area (Å²) in [7, 11) is 0. The molecular weight excluding hydrogens is 258 g/mol. The number of fused-ring (bicyclic) bond motifs is 1. The lowest BCUT2D eigenvalue weighted by Gasteiger charge is -2.45. The van der Waals surface area contributed by atoms with Crippen molar-refractivity contribution in [3.8, 4) is 0 Å². The minimum atomic E-state index is 0.163. The third kappa shape index (κ3) is 3.49. The lowest BCUT2D eigenvalue weighted by Crippen LogP contribution is -2.44. The van der Waals surface area contributed by atoms with E-state index in [4.69, 9.17) is 4.74 Å². The summed E-state index contributed by atoms with van der Waals surface area (Å²) in [5, 5.41) is 3.54. The molecule has 1 saturated carbocycles. The van der Waals surface area contributed by atoms with E-state index >= 15 is 0 Å². The molecular formula is C19H29NO. The van der Waals surface area contributed by atoms with Crippen LogP contribution in [-0.4, -0.2) is 18.7 Å². The number of aryl methyl sites for hydroxylation is 1. The van der Waals surface area contributed by atoms with E-state index in [1.165, 1.54) is 62.5 Å². The van der Waals surface area contributed by atoms with E-state index in [0.29, 0.717) is 6.10 Å². The summed E-state index contributed by atoms with van der Waals surface area (Å²) in [5.74, 6) is 0. The smallest absolute Gasteiger partial charge is 0.0835 e. The van der Waals surface area contributed by atoms with Gasteiger partial charge in [-0.3, -0.25) is 0 Å². The summed E-state index contributed by atoms with van der Waals surface area (Å²) >= 11 is 0. The van der Waals surface area contributed by atoms with Crippen LogP contribution in [-0.2, 0) is 11.2 Å². The van der Waals surface area contributed by atoms with Gasteiger partial charge in [0.05, 0.1) is 11.7 Å². The van der Waals surface area contributed by atoms with Crippen LogP contribution in [0.15, 0.2) is 24.3 Å². The molecule has 1 fully saturated rings. The Balaban J connectivity index is 1.62. The average molecular weight is 287 g/mol. The lowest BCUT2D eigenvalue weighted by atomic mass is 9.76. The summed E-state index contributed by atoms with van der Waals surface area (Å²) in [6, 6.07) is 8.88. The lowest BCUT2D eigenvalue weighted by molar-refractivity contribution is -0.149. The molecule has 0 heterocycles. The van der Waals surface area contributed by atoms with Gasteiger partial charge in [-0.25, -0.2) is 0 Å². The normalized spacial score (nSPS) is 23.4. The van der Waals surface area contributed by atoms with Crippen molar-refractivity contribution < 1.29 is 4.74 Å². The molecule has 1 N–H and O–H groups in total. The van der Waals surface area contributed by atoms with Crippen molar-refractivity contribution in [2.75, 3.05) is 13.1 Å². The Morgan fingerprint density at radius 3 is 2.81 bits per heavy atom. The van der Waals surface area contributed by atoms with Gasteiger partial charge in [-0.2, -0.15) is 0 Å². The van der Waals surface area contributed by atoms with E-state index in [1.54, 1.807) is 0 Å². The highest BCUT2D eigenvalue weighted by Gasteiger charge is 2.40. The molecule has 116 valence electrons. The molecule has 0 spiro atoms. The molecule has 2 aliphatic rings. The number of rotatable bonds is 7. The molecule has 0 aromatic heterocycles. The van der Waals surface area contributed by atoms with E-state index in [9.17, 15) is 0 Å². The highest BCUT2D eigenvalue weighted by atomic mass is 16.5. The molecule has 0 amide bonds. The highest BCUT2D eigenvalue weighted by Crippen LogP contribution is 2.44. The Hall–Kier alpha value is -0.860. The third-order valence-corrected chi connectivity index (χ3v) is 5.16. The third-order valence-electron chi connectivity index (χ3n) is 5.16. The summed E-state index contributed by atoms with van der Waals surface area (Å²) in [6.07, 6.45) is 10.2. The predicted molar refractivity (Wildman–Crippen MR) is 87.6 cm³/mol. The van der Waals surface area contributed by atoms with Crippen molar-refractivity contribution in [1.29, 1.82) is 0 Å². The van der Waals surface area contributed by atoms with Crippen LogP contribution in [0.1, 0.15) is 69.1 Å². The van der Waals surface area contributed by atoms with Crippen LogP contribution in [0, 0.1) is 0 Å². The van der Waals surface area contributed by atoms with Crippen molar-refractivity contribution in [2.24, 2.45) is 0 Å². The summed E-state index contributed by atoms with van der Waals surface area (Å²) in [6.45, 7) is 4.45. The van der Waals surface area contributed by atoms with E-state index in [2.05, 4.69) is 36.5 Å². The highest BCUT2D eigenvalue weighted by molar-refractivity contribution is 5.31. The fourth-order valence-corrected chi connectivity index (χ4v) is 3.75. The molecule has 2 heteroatoms. The second kappa shape index (κ2) is 6.93. The van der Waals surface area contributed by atoms with Crippen molar-refractivity contribution in [1.82, 2.24) is 5.32 Å². The number of ether oxygens (including phenoxy) is 1. The zero-order valence-corrected chi connectivity index (χ0v) is 13.4. The Labute approximate surface area is 129 Å². The quantitative estimate of drug-likeness (QED) is 0.751. The van der Waals surface area contributed by atoms with Gasteiger partial charge in [-0.1, -0.05) is 31.2 Å². The molecule has 2 nitrogen and oxygen atoms in total. The van der Waals surface area contributed by atoms with Crippen LogP contribution in [0.2, 0.25) is 0 Å². The van der Waals surface area contributed by atoms with Crippen molar-refractivity contribution in [3.63, 3.8) is 0 Å². The van der Waals surface area contributed by atoms with Crippen LogP contribution in [0.4, 0.5) is 0 Å². The molecule has 1 atom stereocenters. The summed E-state index contributed by atoms with van der Waals surface area (Å²) in [5.41, 5.74) is 3.12. The Kier molecular flexibility index (Phi) is 4.97. The van der Waals surface area contributed by atoms with Gasteiger partial charge in [-0.05, 0) is 75.6 Å². The molecule has 3 rings (SSSR count). The Morgan fingerprint density at radius 2 is 2.05 bits per heavy atom. The fraction of sp³-hybridized carbons (Fsp3) is 0.684. The largest absolute Gasteiger partial charge is 0.367 e. The molecule has 2 aliphatic carbocycles. The minimum Gasteiger partial charge on any atom is -0.367 e. The Bertz CT molecular complexity index is 453. The molecule has 0 aliphatic heterocycles. The van der Waals surface area contributed by atoms with E-state index in [1.807, 2.05) is 0 Å². The van der Waals surface area contributed by atoms with Gasteiger partial charge in [0.25, 0.3) is 0 Å². The van der Waals surface area contributed by atoms with Gasteiger partial charge in [0.15, 0.2) is 0 Å². The summed E-state index contributed by atoms with van der Waals surface area (Å²) < 4.78 is 6.68. The molecule has 1 aromatic carbocycles. The second-order valence-electron chi connectivity index (χ2n) is 6.73. The first-order valence-corrected chi connectivity index (χ1v) is 8.79. The van der Waals surface area contributed by atoms with Gasteiger partial charge in [-0.15, -0.1) is 0 Å². The first kappa shape index (κ1) is 15.1. The SMILES string of the molecule is CCCNCCC1(OC2CCCc3ccccc32)CCC1. The van der Waals surface area contributed by atoms with Crippen LogP contribution in [0.25, 0.3) is 0 Å². The van der Waals surface area contributed by atoms with Crippen molar-refractivity contribution in [2.45, 2.75) is 70.0 Å². The molecule has 0 saturated heterocycles. The topological polar surface area (TPSA) is 21.3 Å². The van der Waals surface area contributed by atoms with Gasteiger partial charge in [0, 0.05) is 0 Å². The first-order valence-electron chi connectivity index (χ1n) is 8.79. The second-order valence-corrected chi connectivity index (χ2v) is 6.73. The van der Waals surface area contributed by atoms with Gasteiger partial charge in [0.2, 0.25) is 0 Å². The molecule has 21 heavy (non-hydrogen) atoms. The van der Waals surface area contributed by atoms with Crippen LogP contribution in [0.5, 0.6) is 0 Å². The van der Waals surface area contributed by atoms with Crippen LogP contribution < -0.4 is 5.32 Å². The van der Waals surface area contributed by atoms with E-state index in [0.717, 1.165) is 13.1 Å². The predicted octanol–water partition coefficient (Wildman–Crippen LogP) is 4.39. The maximum absolute atomic E-state index is 6.68. The zero-order chi connectivity index (χ0) is 14.5. The number of benzene rings is 1. The fourth-order valence-electron chi connectivity index (χ4n) is 3.75. The molecule has 1 aromatic rings. The van der Waals surface area contributed by atoms with Gasteiger partial charge >= 0.3 is 0 Å². The van der Waals surface area contributed by atoms with Crippen LogP contribution in [0.3, 0.4) is 0 Å². The van der Waals surface area contributed by atoms with Gasteiger partial charge < -0.3 is 10.1 Å². The molecule has 1 unspecified atom stereocenters. The standard InChI is InChI=1S/C19H29NO/c1-2-14-20-15-13-19(11-6-12-19)21-18-10-5-8-16-7-3-4-9-17(16)18/h3-4,7,9,18,20H,2,5-6,8,10-15H2,1H3. The summed E-state index contributed by atoms with van der Waals surface area (Å²) in [4.78, 5) is 0. The number of hydrogen-bond donors (Lipinski definition) is 1. The Morgan fingerprint density at radius 1 is 1.19 bits per heavy atom. The first-order chi connectivity index (χ1) is 10.3. The molecule has 0 bridgehead atoms. The average Bonchev–Trinajstić information content (AvgIpc) is 2.49. The maximum atomic E-state index is 6.68. The van der Waals surface area contributed by atoms with E-state index < -0.39 is 0 Å². The molecule has 0 radical (unpaired) electrons. The minimum absolute atomic E-state index is 0.163.